The van der Waals surface area contributed by atoms with Crippen molar-refractivity contribution < 1.29 is 9.13 Å². The summed E-state index contributed by atoms with van der Waals surface area (Å²) in [5.41, 5.74) is 8.51. The van der Waals surface area contributed by atoms with Crippen LogP contribution < -0.4 is 10.5 Å². The summed E-state index contributed by atoms with van der Waals surface area (Å²) in [6.07, 6.45) is 1.73. The maximum absolute atomic E-state index is 14.1. The Morgan fingerprint density at radius 3 is 2.75 bits per heavy atom. The van der Waals surface area contributed by atoms with Crippen molar-refractivity contribution in [3.63, 3.8) is 0 Å². The zero-order valence-electron chi connectivity index (χ0n) is 11.2. The zero-order valence-corrected chi connectivity index (χ0v) is 11.2. The molecule has 3 aromatic rings. The maximum Gasteiger partial charge on any atom is 0.131 e. The fourth-order valence-electron chi connectivity index (χ4n) is 2.29. The van der Waals surface area contributed by atoms with E-state index in [1.165, 1.54) is 6.07 Å². The molecule has 0 aliphatic rings. The minimum atomic E-state index is -0.334. The molecule has 0 fully saturated rings. The smallest absolute Gasteiger partial charge is 0.131 e. The number of aryl methyl sites for hydroxylation is 1. The second-order valence-electron chi connectivity index (χ2n) is 4.61. The molecular weight excluding hydrogens is 257 g/mol. The highest BCUT2D eigenvalue weighted by atomic mass is 19.1. The number of methoxy groups -OCH3 is 1. The molecule has 0 spiro atoms. The molecule has 20 heavy (non-hydrogen) atoms. The van der Waals surface area contributed by atoms with E-state index in [-0.39, 0.29) is 5.82 Å². The highest BCUT2D eigenvalue weighted by Crippen LogP contribution is 2.34. The van der Waals surface area contributed by atoms with Gasteiger partial charge < -0.3 is 10.5 Å². The number of benzene rings is 2. The third kappa shape index (κ3) is 1.87. The highest BCUT2D eigenvalue weighted by molar-refractivity contribution is 5.91. The van der Waals surface area contributed by atoms with Crippen LogP contribution in [0.4, 0.5) is 10.1 Å². The summed E-state index contributed by atoms with van der Waals surface area (Å²) in [5, 5.41) is 5.10. The quantitative estimate of drug-likeness (QED) is 0.729. The monoisotopic (exact) mass is 271 g/mol. The molecule has 0 saturated carbocycles. The highest BCUT2D eigenvalue weighted by Gasteiger charge is 2.12. The second-order valence-corrected chi connectivity index (χ2v) is 4.61. The van der Waals surface area contributed by atoms with E-state index in [4.69, 9.17) is 10.5 Å². The first-order valence-corrected chi connectivity index (χ1v) is 6.15. The molecule has 1 aromatic heterocycles. The van der Waals surface area contributed by atoms with E-state index in [0.717, 1.165) is 10.9 Å². The number of hydrogen-bond donors (Lipinski definition) is 1. The fraction of sp³-hybridized carbons (Fsp3) is 0.133. The average molecular weight is 271 g/mol. The summed E-state index contributed by atoms with van der Waals surface area (Å²) in [6, 6.07) is 8.24. The normalized spacial score (nSPS) is 10.9. The number of nitrogen functional groups attached to an aromatic ring is 1. The molecule has 0 amide bonds. The van der Waals surface area contributed by atoms with Gasteiger partial charge in [0.25, 0.3) is 0 Å². The first-order valence-electron chi connectivity index (χ1n) is 6.15. The van der Waals surface area contributed by atoms with Crippen LogP contribution in [-0.4, -0.2) is 16.9 Å². The lowest BCUT2D eigenvalue weighted by molar-refractivity contribution is 0.414. The van der Waals surface area contributed by atoms with E-state index in [1.54, 1.807) is 36.2 Å². The van der Waals surface area contributed by atoms with Crippen molar-refractivity contribution in [2.45, 2.75) is 0 Å². The van der Waals surface area contributed by atoms with Gasteiger partial charge in [-0.15, -0.1) is 0 Å². The van der Waals surface area contributed by atoms with Gasteiger partial charge in [-0.25, -0.2) is 4.39 Å². The molecule has 0 radical (unpaired) electrons. The summed E-state index contributed by atoms with van der Waals surface area (Å²) in [6.45, 7) is 0. The fourth-order valence-corrected chi connectivity index (χ4v) is 2.29. The van der Waals surface area contributed by atoms with Crippen LogP contribution >= 0.6 is 0 Å². The van der Waals surface area contributed by atoms with Crippen LogP contribution in [-0.2, 0) is 7.05 Å². The lowest BCUT2D eigenvalue weighted by Crippen LogP contribution is -1.95. The van der Waals surface area contributed by atoms with Gasteiger partial charge in [0.05, 0.1) is 18.8 Å². The molecule has 0 bridgehead atoms. The van der Waals surface area contributed by atoms with E-state index in [2.05, 4.69) is 5.10 Å². The predicted molar refractivity (Wildman–Crippen MR) is 77.1 cm³/mol. The number of aromatic nitrogens is 2. The Bertz CT molecular complexity index is 795. The number of nitrogens with two attached hydrogens (primary N) is 1. The lowest BCUT2D eigenvalue weighted by Gasteiger charge is -2.10. The summed E-state index contributed by atoms with van der Waals surface area (Å²) >= 11 is 0. The molecule has 0 atom stereocenters. The Morgan fingerprint density at radius 1 is 1.20 bits per heavy atom. The molecule has 4 nitrogen and oxygen atoms in total. The zero-order chi connectivity index (χ0) is 14.3. The number of halogens is 1. The molecule has 102 valence electrons. The van der Waals surface area contributed by atoms with Gasteiger partial charge in [-0.05, 0) is 30.3 Å². The third-order valence-electron chi connectivity index (χ3n) is 3.38. The Labute approximate surface area is 115 Å². The second kappa shape index (κ2) is 4.52. The van der Waals surface area contributed by atoms with Crippen LogP contribution in [0.1, 0.15) is 0 Å². The van der Waals surface area contributed by atoms with Gasteiger partial charge in [0, 0.05) is 29.2 Å². The minimum absolute atomic E-state index is 0.334. The van der Waals surface area contributed by atoms with Crippen LogP contribution in [0.3, 0.4) is 0 Å². The molecule has 2 N–H and O–H groups in total. The van der Waals surface area contributed by atoms with Crippen molar-refractivity contribution in [1.82, 2.24) is 9.78 Å². The van der Waals surface area contributed by atoms with Gasteiger partial charge in [-0.1, -0.05) is 0 Å². The molecule has 0 saturated heterocycles. The van der Waals surface area contributed by atoms with E-state index in [0.29, 0.717) is 22.6 Å². The molecule has 5 heteroatoms. The summed E-state index contributed by atoms with van der Waals surface area (Å²) < 4.78 is 20.9. The first-order chi connectivity index (χ1) is 9.60. The average Bonchev–Trinajstić information content (AvgIpc) is 2.79. The Hall–Kier alpha value is -2.56. The predicted octanol–water partition coefficient (Wildman–Crippen LogP) is 2.97. The SMILES string of the molecule is COc1ccc(F)c(-c2cc3c(cnn3C)cc2N)c1. The van der Waals surface area contributed by atoms with Crippen LogP contribution in [0.5, 0.6) is 5.75 Å². The van der Waals surface area contributed by atoms with Crippen LogP contribution in [0.25, 0.3) is 22.0 Å². The number of rotatable bonds is 2. The Kier molecular flexibility index (Phi) is 2.82. The number of fused-ring (bicyclic) bond motifs is 1. The molecule has 0 aliphatic carbocycles. The minimum Gasteiger partial charge on any atom is -0.497 e. The standard InChI is InChI=1S/C15H14FN3O/c1-19-15-7-12(14(17)5-9(15)8-18-19)11-6-10(20-2)3-4-13(11)16/h3-8H,17H2,1-2H3. The van der Waals surface area contributed by atoms with Gasteiger partial charge in [-0.3, -0.25) is 4.68 Å². The molecule has 1 heterocycles. The van der Waals surface area contributed by atoms with Gasteiger partial charge in [-0.2, -0.15) is 5.10 Å². The number of anilines is 1. The van der Waals surface area contributed by atoms with Gasteiger partial charge in [0.2, 0.25) is 0 Å². The van der Waals surface area contributed by atoms with Crippen molar-refractivity contribution >= 4 is 16.6 Å². The number of nitrogens with zero attached hydrogens (tertiary/aromatic N) is 2. The molecule has 0 unspecified atom stereocenters. The Balaban J connectivity index is 2.28. The summed E-state index contributed by atoms with van der Waals surface area (Å²) in [5.74, 6) is 0.255. The molecule has 2 aromatic carbocycles. The number of hydrogen-bond acceptors (Lipinski definition) is 3. The van der Waals surface area contributed by atoms with Crippen molar-refractivity contribution in [3.8, 4) is 16.9 Å². The van der Waals surface area contributed by atoms with Crippen LogP contribution in [0.15, 0.2) is 36.5 Å². The van der Waals surface area contributed by atoms with Crippen LogP contribution in [0.2, 0.25) is 0 Å². The molecule has 3 rings (SSSR count). The Morgan fingerprint density at radius 2 is 2.00 bits per heavy atom. The van der Waals surface area contributed by atoms with Crippen molar-refractivity contribution in [3.05, 3.63) is 42.3 Å². The molecule has 0 aliphatic heterocycles. The van der Waals surface area contributed by atoms with E-state index < -0.39 is 0 Å². The van der Waals surface area contributed by atoms with E-state index in [9.17, 15) is 4.39 Å². The molecular formula is C15H14FN3O. The van der Waals surface area contributed by atoms with Crippen molar-refractivity contribution in [2.75, 3.05) is 12.8 Å². The van der Waals surface area contributed by atoms with Gasteiger partial charge >= 0.3 is 0 Å². The number of ether oxygens (including phenoxy) is 1. The first kappa shape index (κ1) is 12.5. The largest absolute Gasteiger partial charge is 0.497 e. The summed E-state index contributed by atoms with van der Waals surface area (Å²) in [7, 11) is 3.38. The van der Waals surface area contributed by atoms with Gasteiger partial charge in [0.1, 0.15) is 11.6 Å². The maximum atomic E-state index is 14.1. The van der Waals surface area contributed by atoms with E-state index in [1.807, 2.05) is 13.1 Å². The van der Waals surface area contributed by atoms with Crippen molar-refractivity contribution in [2.24, 2.45) is 7.05 Å². The lowest BCUT2D eigenvalue weighted by atomic mass is 10.0. The third-order valence-corrected chi connectivity index (χ3v) is 3.38. The van der Waals surface area contributed by atoms with Crippen molar-refractivity contribution in [1.29, 1.82) is 0 Å². The van der Waals surface area contributed by atoms with E-state index >= 15 is 0 Å². The topological polar surface area (TPSA) is 53.1 Å². The summed E-state index contributed by atoms with van der Waals surface area (Å²) in [4.78, 5) is 0. The van der Waals surface area contributed by atoms with Crippen LogP contribution in [0, 0.1) is 5.82 Å². The van der Waals surface area contributed by atoms with Gasteiger partial charge in [0.15, 0.2) is 0 Å².